The predicted octanol–water partition coefficient (Wildman–Crippen LogP) is 11.5. The van der Waals surface area contributed by atoms with E-state index in [4.69, 9.17) is 42.2 Å². The van der Waals surface area contributed by atoms with Gasteiger partial charge in [-0.1, -0.05) is 264 Å². The number of rotatable bonds is 62. The topological polar surface area (TPSA) is 374 Å². The van der Waals surface area contributed by atoms with Gasteiger partial charge in [0.2, 0.25) is 0 Å². The molecule has 100 heavy (non-hydrogen) atoms. The summed E-state index contributed by atoms with van der Waals surface area (Å²) < 4.78 is 65.1. The highest BCUT2D eigenvalue weighted by molar-refractivity contribution is 7.47. The standard InChI is InChI=1S/C75H139O24P/c1-4-7-10-13-16-19-22-25-27-29-32-34-37-40-43-46-49-59(77)91-53-56(94-61(79)51-48-45-42-39-36-31-24-21-18-15-12-9-6-3)54-93-100(89,90)99-73-71(97-74-69(87)64(82)62(80)57(52-76)95-74)67(85)66(84)68(86)72(73)98-75-70(88)65(83)63(81)58(96-75)55-92-60(78)50-47-44-41-38-35-33-30-28-26-23-20-17-14-11-8-5-2/h31,36,56-58,62-76,80-88H,4-30,32-35,37-55H2,1-3H3,(H,89,90)/b36-31-. The second-order valence-corrected chi connectivity index (χ2v) is 29.8. The molecule has 2 aliphatic heterocycles. The molecule has 588 valence electrons. The van der Waals surface area contributed by atoms with Crippen LogP contribution in [0.25, 0.3) is 0 Å². The van der Waals surface area contributed by atoms with E-state index >= 15 is 0 Å². The van der Waals surface area contributed by atoms with Crippen molar-refractivity contribution in [1.29, 1.82) is 0 Å². The van der Waals surface area contributed by atoms with E-state index in [9.17, 15) is 74.9 Å². The van der Waals surface area contributed by atoms with E-state index in [2.05, 4.69) is 32.9 Å². The van der Waals surface area contributed by atoms with Gasteiger partial charge in [0.05, 0.1) is 13.2 Å². The predicted molar refractivity (Wildman–Crippen MR) is 379 cm³/mol. The lowest BCUT2D eigenvalue weighted by molar-refractivity contribution is -0.360. The highest BCUT2D eigenvalue weighted by atomic mass is 31.2. The fourth-order valence-corrected chi connectivity index (χ4v) is 14.1. The number of esters is 3. The van der Waals surface area contributed by atoms with Crippen molar-refractivity contribution in [2.24, 2.45) is 0 Å². The Morgan fingerprint density at radius 3 is 1.09 bits per heavy atom. The van der Waals surface area contributed by atoms with Crippen LogP contribution in [0.4, 0.5) is 0 Å². The maximum atomic E-state index is 14.3. The second kappa shape index (κ2) is 57.0. The molecule has 25 heteroatoms. The molecule has 18 atom stereocenters. The first-order valence-electron chi connectivity index (χ1n) is 39.5. The van der Waals surface area contributed by atoms with E-state index in [0.717, 1.165) is 83.5 Å². The third-order valence-electron chi connectivity index (χ3n) is 19.5. The average Bonchev–Trinajstić information content (AvgIpc) is 0.761. The van der Waals surface area contributed by atoms with Crippen LogP contribution in [0.15, 0.2) is 12.2 Å². The zero-order valence-corrected chi connectivity index (χ0v) is 62.4. The molecule has 0 aromatic rings. The third-order valence-corrected chi connectivity index (χ3v) is 20.5. The number of hydrogen-bond donors (Lipinski definition) is 11. The van der Waals surface area contributed by atoms with Crippen molar-refractivity contribution in [3.8, 4) is 0 Å². The van der Waals surface area contributed by atoms with Crippen LogP contribution in [-0.4, -0.2) is 204 Å². The van der Waals surface area contributed by atoms with E-state index in [-0.39, 0.29) is 19.3 Å². The maximum Gasteiger partial charge on any atom is 0.472 e. The van der Waals surface area contributed by atoms with Crippen molar-refractivity contribution >= 4 is 25.7 Å². The van der Waals surface area contributed by atoms with Crippen LogP contribution in [0.5, 0.6) is 0 Å². The number of phosphoric ester groups is 1. The molecule has 0 aromatic carbocycles. The van der Waals surface area contributed by atoms with Gasteiger partial charge in [-0.15, -0.1) is 0 Å². The first-order chi connectivity index (χ1) is 48.3. The number of aliphatic hydroxyl groups is 10. The number of carbonyl (C=O) groups excluding carboxylic acids is 3. The largest absolute Gasteiger partial charge is 0.472 e. The van der Waals surface area contributed by atoms with Gasteiger partial charge in [0.1, 0.15) is 98.7 Å². The molecule has 0 radical (unpaired) electrons. The lowest BCUT2D eigenvalue weighted by Crippen LogP contribution is -2.69. The van der Waals surface area contributed by atoms with Gasteiger partial charge in [0.25, 0.3) is 0 Å². The average molecular weight is 1460 g/mol. The molecule has 0 bridgehead atoms. The Morgan fingerprint density at radius 1 is 0.380 bits per heavy atom. The van der Waals surface area contributed by atoms with Crippen LogP contribution in [0.3, 0.4) is 0 Å². The molecule has 11 N–H and O–H groups in total. The van der Waals surface area contributed by atoms with E-state index in [1.807, 2.05) is 0 Å². The summed E-state index contributed by atoms with van der Waals surface area (Å²) in [5.74, 6) is -1.99. The molecule has 0 aromatic heterocycles. The number of ether oxygens (including phenoxy) is 7. The van der Waals surface area contributed by atoms with Gasteiger partial charge in [-0.25, -0.2) is 4.57 Å². The lowest BCUT2D eigenvalue weighted by Gasteiger charge is -2.49. The number of unbranched alkanes of at least 4 members (excludes halogenated alkanes) is 39. The third kappa shape index (κ3) is 39.3. The summed E-state index contributed by atoms with van der Waals surface area (Å²) in [5.41, 5.74) is 0. The Morgan fingerprint density at radius 2 is 0.700 bits per heavy atom. The number of allylic oxidation sites excluding steroid dienone is 2. The van der Waals surface area contributed by atoms with Crippen LogP contribution >= 0.6 is 7.82 Å². The van der Waals surface area contributed by atoms with Gasteiger partial charge < -0.3 is 89.1 Å². The Hall–Kier alpha value is -2.30. The first kappa shape index (κ1) is 91.9. The zero-order valence-electron chi connectivity index (χ0n) is 61.5. The smallest absolute Gasteiger partial charge is 0.463 e. The van der Waals surface area contributed by atoms with Gasteiger partial charge in [-0.3, -0.25) is 23.4 Å². The van der Waals surface area contributed by atoms with Crippen LogP contribution < -0.4 is 0 Å². The van der Waals surface area contributed by atoms with Gasteiger partial charge >= 0.3 is 25.7 Å². The van der Waals surface area contributed by atoms with Crippen LogP contribution in [-0.2, 0) is 61.2 Å². The van der Waals surface area contributed by atoms with E-state index in [1.54, 1.807) is 0 Å². The van der Waals surface area contributed by atoms with E-state index in [1.165, 1.54) is 167 Å². The summed E-state index contributed by atoms with van der Waals surface area (Å²) in [7, 11) is -5.70. The molecule has 1 saturated carbocycles. The van der Waals surface area contributed by atoms with Crippen molar-refractivity contribution in [3.63, 3.8) is 0 Å². The molecule has 2 heterocycles. The number of hydrogen-bond acceptors (Lipinski definition) is 23. The van der Waals surface area contributed by atoms with Crippen molar-refractivity contribution in [2.75, 3.05) is 26.4 Å². The SMILES string of the molecule is CCCCCCCC/C=C\CCCCCC(=O)OC(COC(=O)CCCCCCCCCCCCCCCCCC)COP(=O)(O)OC1C(OC2OC(CO)C(O)C(O)C2O)C(O)C(O)C(O)C1OC1OC(COC(=O)CCCCCCCCCCCCCCCCCC)C(O)C(O)C1O. The molecule has 3 aliphatic rings. The summed E-state index contributed by atoms with van der Waals surface area (Å²) in [6.45, 7) is 3.46. The maximum absolute atomic E-state index is 14.3. The van der Waals surface area contributed by atoms with E-state index < -0.39 is 156 Å². The van der Waals surface area contributed by atoms with Crippen LogP contribution in [0, 0.1) is 0 Å². The number of aliphatic hydroxyl groups excluding tert-OH is 10. The summed E-state index contributed by atoms with van der Waals surface area (Å²) in [6.07, 6.45) is 16.9. The highest BCUT2D eigenvalue weighted by Crippen LogP contribution is 2.49. The Balaban J connectivity index is 1.71. The van der Waals surface area contributed by atoms with Crippen molar-refractivity contribution < 1.29 is 117 Å². The molecule has 0 amide bonds. The lowest BCUT2D eigenvalue weighted by atomic mass is 9.84. The molecule has 2 saturated heterocycles. The molecule has 3 fully saturated rings. The minimum Gasteiger partial charge on any atom is -0.463 e. The van der Waals surface area contributed by atoms with Crippen molar-refractivity contribution in [2.45, 2.75) is 420 Å². The molecule has 3 rings (SSSR count). The monoisotopic (exact) mass is 1450 g/mol. The highest BCUT2D eigenvalue weighted by Gasteiger charge is 2.58. The van der Waals surface area contributed by atoms with Gasteiger partial charge in [-0.2, -0.15) is 0 Å². The van der Waals surface area contributed by atoms with Gasteiger partial charge in [-0.05, 0) is 44.9 Å². The van der Waals surface area contributed by atoms with Crippen LogP contribution in [0.2, 0.25) is 0 Å². The summed E-state index contributed by atoms with van der Waals surface area (Å²) in [4.78, 5) is 51.1. The summed E-state index contributed by atoms with van der Waals surface area (Å²) in [5, 5.41) is 110. The first-order valence-corrected chi connectivity index (χ1v) is 41.0. The molecular formula is C75H139O24P. The Kier molecular flexibility index (Phi) is 52.3. The van der Waals surface area contributed by atoms with Crippen molar-refractivity contribution in [3.05, 3.63) is 12.2 Å². The normalized spacial score (nSPS) is 27.3. The summed E-state index contributed by atoms with van der Waals surface area (Å²) >= 11 is 0. The van der Waals surface area contributed by atoms with Gasteiger partial charge in [0, 0.05) is 19.3 Å². The molecule has 0 spiro atoms. The molecule has 1 aliphatic carbocycles. The molecular weight excluding hydrogens is 1320 g/mol. The Labute approximate surface area is 599 Å². The Bertz CT molecular complexity index is 2110. The molecule has 24 nitrogen and oxygen atoms in total. The fraction of sp³-hybridized carbons (Fsp3) is 0.933. The van der Waals surface area contributed by atoms with Gasteiger partial charge in [0.15, 0.2) is 18.7 Å². The minimum absolute atomic E-state index is 0.0323. The zero-order chi connectivity index (χ0) is 73.2. The van der Waals surface area contributed by atoms with E-state index in [0.29, 0.717) is 25.7 Å². The minimum atomic E-state index is -5.70. The summed E-state index contributed by atoms with van der Waals surface area (Å²) in [6, 6.07) is 0. The number of phosphoric acid groups is 1. The number of carbonyl (C=O) groups is 3. The molecule has 18 unspecified atom stereocenters. The van der Waals surface area contributed by atoms with Crippen LogP contribution in [0.1, 0.15) is 316 Å². The quantitative estimate of drug-likeness (QED) is 0.00886. The van der Waals surface area contributed by atoms with Crippen molar-refractivity contribution in [1.82, 2.24) is 0 Å². The second-order valence-electron chi connectivity index (χ2n) is 28.4. The fourth-order valence-electron chi connectivity index (χ4n) is 13.1.